The zero-order valence-corrected chi connectivity index (χ0v) is 15.8. The molecule has 138 valence electrons. The lowest BCUT2D eigenvalue weighted by atomic mass is 9.72. The molecule has 2 unspecified atom stereocenters. The van der Waals surface area contributed by atoms with Gasteiger partial charge in [0, 0.05) is 18.0 Å². The van der Waals surface area contributed by atoms with Gasteiger partial charge in [0.25, 0.3) is 0 Å². The van der Waals surface area contributed by atoms with Gasteiger partial charge in [0.15, 0.2) is 0 Å². The van der Waals surface area contributed by atoms with Gasteiger partial charge in [-0.25, -0.2) is 0 Å². The van der Waals surface area contributed by atoms with Crippen LogP contribution in [0.15, 0.2) is 47.6 Å². The maximum atomic E-state index is 10.8. The van der Waals surface area contributed by atoms with E-state index >= 15 is 0 Å². The van der Waals surface area contributed by atoms with Crippen molar-refractivity contribution >= 4 is 16.5 Å². The zero-order valence-electron chi connectivity index (χ0n) is 15.8. The summed E-state index contributed by atoms with van der Waals surface area (Å²) in [5.74, 6) is 0.539. The first-order valence-corrected chi connectivity index (χ1v) is 9.62. The van der Waals surface area contributed by atoms with E-state index in [0.29, 0.717) is 12.0 Å². The van der Waals surface area contributed by atoms with Gasteiger partial charge in [-0.15, -0.1) is 0 Å². The molecular formula is C22H28N2O2. The van der Waals surface area contributed by atoms with Crippen molar-refractivity contribution in [2.45, 2.75) is 50.3 Å². The number of likely N-dealkylation sites (N-methyl/N-ethyl adjacent to an activating group) is 1. The van der Waals surface area contributed by atoms with Gasteiger partial charge in [0.2, 0.25) is 0 Å². The van der Waals surface area contributed by atoms with Gasteiger partial charge in [-0.3, -0.25) is 4.90 Å². The largest absolute Gasteiger partial charge is 0.399 e. The monoisotopic (exact) mass is 352 g/mol. The fourth-order valence-electron chi connectivity index (χ4n) is 5.22. The summed E-state index contributed by atoms with van der Waals surface area (Å²) in [7, 11) is 3.76. The Bertz CT molecular complexity index is 819. The lowest BCUT2D eigenvalue weighted by Crippen LogP contribution is -2.51. The third kappa shape index (κ3) is 2.81. The molecule has 2 aliphatic heterocycles. The number of hydrogen-bond acceptors (Lipinski definition) is 4. The molecule has 26 heavy (non-hydrogen) atoms. The van der Waals surface area contributed by atoms with Crippen LogP contribution in [0.5, 0.6) is 0 Å². The molecule has 2 bridgehead atoms. The Hall–Kier alpha value is -1.91. The normalized spacial score (nSPS) is 32.2. The van der Waals surface area contributed by atoms with E-state index in [1.807, 2.05) is 0 Å². The minimum absolute atomic E-state index is 0.110. The number of oxime groups is 1. The molecule has 2 aromatic carbocycles. The highest BCUT2D eigenvalue weighted by Gasteiger charge is 2.52. The molecule has 0 spiro atoms. The topological polar surface area (TPSA) is 45.1 Å². The van der Waals surface area contributed by atoms with Crippen LogP contribution in [-0.2, 0) is 4.84 Å². The number of benzene rings is 2. The fraction of sp³-hybridized carbons (Fsp3) is 0.500. The third-order valence-electron chi connectivity index (χ3n) is 6.44. The second-order valence-corrected chi connectivity index (χ2v) is 7.71. The molecule has 2 aliphatic rings. The summed E-state index contributed by atoms with van der Waals surface area (Å²) in [6.45, 7) is 2.13. The predicted molar refractivity (Wildman–Crippen MR) is 105 cm³/mol. The van der Waals surface area contributed by atoms with Crippen LogP contribution < -0.4 is 0 Å². The Morgan fingerprint density at radius 3 is 2.69 bits per heavy atom. The van der Waals surface area contributed by atoms with Crippen molar-refractivity contribution in [3.63, 3.8) is 0 Å². The number of aliphatic hydroxyl groups is 1. The minimum atomic E-state index is -0.297. The van der Waals surface area contributed by atoms with Gasteiger partial charge in [-0.1, -0.05) is 54.5 Å². The number of nitrogens with zero attached hydrogens (tertiary/aromatic N) is 2. The molecule has 2 heterocycles. The lowest BCUT2D eigenvalue weighted by Gasteiger charge is -2.44. The maximum absolute atomic E-state index is 10.8. The van der Waals surface area contributed by atoms with Crippen molar-refractivity contribution in [1.29, 1.82) is 0 Å². The lowest BCUT2D eigenvalue weighted by molar-refractivity contribution is 0.0694. The molecule has 0 aliphatic carbocycles. The maximum Gasteiger partial charge on any atom is 0.106 e. The molecule has 1 N–H and O–H groups in total. The molecule has 0 aromatic heterocycles. The van der Waals surface area contributed by atoms with Crippen molar-refractivity contribution < 1.29 is 9.94 Å². The van der Waals surface area contributed by atoms with Crippen LogP contribution >= 0.6 is 0 Å². The van der Waals surface area contributed by atoms with Crippen LogP contribution in [0.4, 0.5) is 0 Å². The van der Waals surface area contributed by atoms with Crippen LogP contribution in [0.25, 0.3) is 10.8 Å². The molecule has 4 rings (SSSR count). The second kappa shape index (κ2) is 7.01. The van der Waals surface area contributed by atoms with Gasteiger partial charge in [0.1, 0.15) is 7.11 Å². The molecule has 2 saturated heterocycles. The molecule has 0 radical (unpaired) electrons. The predicted octanol–water partition coefficient (Wildman–Crippen LogP) is 3.79. The second-order valence-electron chi connectivity index (χ2n) is 7.71. The van der Waals surface area contributed by atoms with E-state index in [2.05, 4.69) is 66.5 Å². The third-order valence-corrected chi connectivity index (χ3v) is 6.44. The van der Waals surface area contributed by atoms with Crippen LogP contribution in [0.1, 0.15) is 37.7 Å². The van der Waals surface area contributed by atoms with Crippen LogP contribution in [-0.4, -0.2) is 48.1 Å². The first-order chi connectivity index (χ1) is 12.6. The summed E-state index contributed by atoms with van der Waals surface area (Å²) >= 11 is 0. The highest BCUT2D eigenvalue weighted by molar-refractivity contribution is 5.89. The fourth-order valence-corrected chi connectivity index (χ4v) is 5.22. The van der Waals surface area contributed by atoms with Gasteiger partial charge >= 0.3 is 0 Å². The van der Waals surface area contributed by atoms with Gasteiger partial charge in [0.05, 0.1) is 11.8 Å². The average Bonchev–Trinajstić information content (AvgIpc) is 2.84. The summed E-state index contributed by atoms with van der Waals surface area (Å²) < 4.78 is 0. The number of hydrogen-bond donors (Lipinski definition) is 1. The Balaban J connectivity index is 1.80. The Kier molecular flexibility index (Phi) is 4.72. The molecule has 0 amide bonds. The summed E-state index contributed by atoms with van der Waals surface area (Å²) in [5, 5.41) is 17.7. The first kappa shape index (κ1) is 17.5. The average molecular weight is 352 g/mol. The Morgan fingerprint density at radius 2 is 1.96 bits per heavy atom. The molecule has 2 aromatic rings. The highest BCUT2D eigenvalue weighted by Crippen LogP contribution is 2.47. The van der Waals surface area contributed by atoms with Crippen molar-refractivity contribution in [1.82, 2.24) is 4.90 Å². The van der Waals surface area contributed by atoms with E-state index in [1.165, 1.54) is 16.3 Å². The quantitative estimate of drug-likeness (QED) is 0.673. The van der Waals surface area contributed by atoms with E-state index in [0.717, 1.165) is 25.0 Å². The van der Waals surface area contributed by atoms with Gasteiger partial charge in [-0.2, -0.15) is 0 Å². The molecule has 4 nitrogen and oxygen atoms in total. The van der Waals surface area contributed by atoms with Crippen LogP contribution in [0.3, 0.4) is 0 Å². The standard InChI is InChI=1S/C22H28N2O2/c1-4-19(23-26-3)21-18(12-17-13-20(25)22(21)24(17)2)16-10-9-14-7-5-6-8-15(14)11-16/h5-11,17-18,20-22,25H,4,12-13H2,1-3H3/t17?,18-,20?,21+,22-/m0/s1. The number of aliphatic hydroxyl groups excluding tert-OH is 1. The summed E-state index contributed by atoms with van der Waals surface area (Å²) in [4.78, 5) is 7.54. The first-order valence-electron chi connectivity index (χ1n) is 9.62. The van der Waals surface area contributed by atoms with Gasteiger partial charge < -0.3 is 9.94 Å². The van der Waals surface area contributed by atoms with Crippen LogP contribution in [0, 0.1) is 5.92 Å². The minimum Gasteiger partial charge on any atom is -0.399 e. The van der Waals surface area contributed by atoms with Crippen molar-refractivity contribution in [3.8, 4) is 0 Å². The summed E-state index contributed by atoms with van der Waals surface area (Å²) in [5.41, 5.74) is 2.41. The molecule has 2 fully saturated rings. The highest BCUT2D eigenvalue weighted by atomic mass is 16.6. The van der Waals surface area contributed by atoms with E-state index in [-0.39, 0.29) is 18.1 Å². The number of rotatable bonds is 4. The Labute approximate surface area is 155 Å². The number of fused-ring (bicyclic) bond motifs is 3. The molecule has 0 saturated carbocycles. The smallest absolute Gasteiger partial charge is 0.106 e. The van der Waals surface area contributed by atoms with Crippen molar-refractivity contribution in [2.24, 2.45) is 11.1 Å². The van der Waals surface area contributed by atoms with E-state index < -0.39 is 0 Å². The molecule has 5 atom stereocenters. The van der Waals surface area contributed by atoms with E-state index in [9.17, 15) is 5.11 Å². The van der Waals surface area contributed by atoms with Crippen LogP contribution in [0.2, 0.25) is 0 Å². The zero-order chi connectivity index (χ0) is 18.3. The van der Waals surface area contributed by atoms with E-state index in [1.54, 1.807) is 7.11 Å². The molecular weight excluding hydrogens is 324 g/mol. The SMILES string of the molecule is CCC(=NOC)[C@H]1[C@H](c2ccc3ccccc3c2)CC2CC(O)[C@@H]1N2C. The van der Waals surface area contributed by atoms with E-state index in [4.69, 9.17) is 4.84 Å². The molecule has 4 heteroatoms. The summed E-state index contributed by atoms with van der Waals surface area (Å²) in [6, 6.07) is 15.9. The summed E-state index contributed by atoms with van der Waals surface area (Å²) in [6.07, 6.45) is 2.44. The van der Waals surface area contributed by atoms with Crippen molar-refractivity contribution in [2.75, 3.05) is 14.2 Å². The van der Waals surface area contributed by atoms with Crippen molar-refractivity contribution in [3.05, 3.63) is 48.0 Å². The number of piperidine rings is 1. The Morgan fingerprint density at radius 1 is 1.19 bits per heavy atom. The van der Waals surface area contributed by atoms with Gasteiger partial charge in [-0.05, 0) is 48.6 Å².